The third-order valence-corrected chi connectivity index (χ3v) is 3.67. The van der Waals surface area contributed by atoms with Gasteiger partial charge in [0.1, 0.15) is 6.04 Å². The Morgan fingerprint density at radius 2 is 2.00 bits per heavy atom. The van der Waals surface area contributed by atoms with Crippen LogP contribution in [0.15, 0.2) is 23.3 Å². The van der Waals surface area contributed by atoms with Gasteiger partial charge in [0.05, 0.1) is 5.75 Å². The van der Waals surface area contributed by atoms with Crippen molar-refractivity contribution in [3.8, 4) is 0 Å². The number of aliphatic carboxylic acids is 1. The van der Waals surface area contributed by atoms with Crippen LogP contribution in [0.2, 0.25) is 0 Å². The Kier molecular flexibility index (Phi) is 5.46. The molecule has 7 nitrogen and oxygen atoms in total. The van der Waals surface area contributed by atoms with Gasteiger partial charge in [-0.05, 0) is 26.2 Å². The highest BCUT2D eigenvalue weighted by Gasteiger charge is 2.23. The lowest BCUT2D eigenvalue weighted by Crippen LogP contribution is -2.42. The van der Waals surface area contributed by atoms with Crippen molar-refractivity contribution in [3.63, 3.8) is 0 Å². The first-order valence-electron chi connectivity index (χ1n) is 6.04. The van der Waals surface area contributed by atoms with Crippen molar-refractivity contribution in [2.45, 2.75) is 32.2 Å². The molecule has 8 heteroatoms. The van der Waals surface area contributed by atoms with Crippen molar-refractivity contribution < 1.29 is 27.7 Å². The Morgan fingerprint density at radius 3 is 2.45 bits per heavy atom. The Hall–Kier alpha value is -1.67. The third-order valence-electron chi connectivity index (χ3n) is 2.92. The molecule has 112 valence electrons. The summed E-state index contributed by atoms with van der Waals surface area (Å²) in [6.45, 7) is 1.93. The molecule has 0 bridgehead atoms. The van der Waals surface area contributed by atoms with E-state index in [1.807, 2.05) is 6.92 Å². The van der Waals surface area contributed by atoms with Crippen molar-refractivity contribution >= 4 is 22.0 Å². The second kappa shape index (κ2) is 6.67. The maximum Gasteiger partial charge on any atom is 0.326 e. The maximum absolute atomic E-state index is 11.9. The number of nitrogens with one attached hydrogen (secondary N) is 1. The lowest BCUT2D eigenvalue weighted by Gasteiger charge is -2.16. The normalized spacial score (nSPS) is 16.9. The second-order valence-corrected chi connectivity index (χ2v) is 6.22. The van der Waals surface area contributed by atoms with E-state index in [-0.39, 0.29) is 6.42 Å². The van der Waals surface area contributed by atoms with E-state index in [1.165, 1.54) is 0 Å². The molecule has 3 N–H and O–H groups in total. The number of amides is 1. The molecule has 0 saturated carbocycles. The number of hydrogen-bond acceptors (Lipinski definition) is 4. The van der Waals surface area contributed by atoms with Gasteiger partial charge in [-0.2, -0.15) is 8.42 Å². The molecule has 0 aromatic rings. The van der Waals surface area contributed by atoms with Gasteiger partial charge in [-0.15, -0.1) is 0 Å². The second-order valence-electron chi connectivity index (χ2n) is 4.64. The van der Waals surface area contributed by atoms with Gasteiger partial charge in [0.15, 0.2) is 0 Å². The number of carboxylic acid groups (broad SMARTS) is 1. The fraction of sp³-hybridized carbons (Fsp3) is 0.500. The Bertz CT molecular complexity index is 560. The largest absolute Gasteiger partial charge is 0.480 e. The molecule has 1 amide bonds. The molecule has 0 heterocycles. The molecule has 0 radical (unpaired) electrons. The average molecular weight is 303 g/mol. The highest BCUT2D eigenvalue weighted by Crippen LogP contribution is 2.17. The molecule has 1 atom stereocenters. The monoisotopic (exact) mass is 303 g/mol. The smallest absolute Gasteiger partial charge is 0.326 e. The first kappa shape index (κ1) is 16.4. The molecule has 0 aromatic carbocycles. The van der Waals surface area contributed by atoms with Crippen molar-refractivity contribution in [1.29, 1.82) is 0 Å². The summed E-state index contributed by atoms with van der Waals surface area (Å²) >= 11 is 0. The summed E-state index contributed by atoms with van der Waals surface area (Å²) in [5, 5.41) is 11.2. The summed E-state index contributed by atoms with van der Waals surface area (Å²) in [6.07, 6.45) is 4.26. The van der Waals surface area contributed by atoms with Gasteiger partial charge in [0.25, 0.3) is 10.1 Å². The lowest BCUT2D eigenvalue weighted by atomic mass is 9.98. The molecule has 0 saturated heterocycles. The third kappa shape index (κ3) is 5.54. The quantitative estimate of drug-likeness (QED) is 0.614. The van der Waals surface area contributed by atoms with Crippen molar-refractivity contribution in [1.82, 2.24) is 5.32 Å². The minimum absolute atomic E-state index is 0.387. The lowest BCUT2D eigenvalue weighted by molar-refractivity contribution is -0.141. The molecule has 0 aromatic heterocycles. The molecule has 1 rings (SSSR count). The van der Waals surface area contributed by atoms with E-state index in [0.29, 0.717) is 12.0 Å². The minimum Gasteiger partial charge on any atom is -0.480 e. The van der Waals surface area contributed by atoms with E-state index in [9.17, 15) is 18.0 Å². The van der Waals surface area contributed by atoms with Crippen molar-refractivity contribution in [2.75, 3.05) is 5.75 Å². The predicted octanol–water partition coefficient (Wildman–Crippen LogP) is 0.500. The molecule has 0 fully saturated rings. The standard InChI is InChI=1S/C12H17NO6S/c1-8-2-4-9(5-3-8)11(14)13-10(12(15)16)6-7-20(17,18)19/h2,4,10H,3,5-7H2,1H3,(H,13,14)(H,15,16)(H,17,18,19). The summed E-state index contributed by atoms with van der Waals surface area (Å²) in [6, 6.07) is -1.35. The number of allylic oxidation sites excluding steroid dienone is 3. The average Bonchev–Trinajstić information content (AvgIpc) is 2.33. The minimum atomic E-state index is -4.26. The Balaban J connectivity index is 2.67. The van der Waals surface area contributed by atoms with Gasteiger partial charge in [-0.1, -0.05) is 17.7 Å². The summed E-state index contributed by atoms with van der Waals surface area (Å²) < 4.78 is 29.8. The van der Waals surface area contributed by atoms with Gasteiger partial charge >= 0.3 is 5.97 Å². The molecule has 1 unspecified atom stereocenters. The molecular formula is C12H17NO6S. The van der Waals surface area contributed by atoms with E-state index in [4.69, 9.17) is 9.66 Å². The van der Waals surface area contributed by atoms with E-state index in [2.05, 4.69) is 5.32 Å². The zero-order valence-electron chi connectivity index (χ0n) is 11.0. The van der Waals surface area contributed by atoms with E-state index >= 15 is 0 Å². The topological polar surface area (TPSA) is 121 Å². The van der Waals surface area contributed by atoms with Gasteiger partial charge in [-0.3, -0.25) is 9.35 Å². The fourth-order valence-electron chi connectivity index (χ4n) is 1.71. The van der Waals surface area contributed by atoms with Crippen LogP contribution >= 0.6 is 0 Å². The Morgan fingerprint density at radius 1 is 1.35 bits per heavy atom. The number of carbonyl (C=O) groups is 2. The molecule has 0 spiro atoms. The zero-order valence-corrected chi connectivity index (χ0v) is 11.8. The number of carboxylic acids is 1. The number of rotatable bonds is 6. The van der Waals surface area contributed by atoms with Crippen molar-refractivity contribution in [2.24, 2.45) is 0 Å². The van der Waals surface area contributed by atoms with E-state index < -0.39 is 33.8 Å². The number of hydrogen-bond donors (Lipinski definition) is 3. The predicted molar refractivity (Wildman–Crippen MR) is 71.7 cm³/mol. The van der Waals surface area contributed by atoms with Crippen LogP contribution in [0.25, 0.3) is 0 Å². The first-order chi connectivity index (χ1) is 9.19. The van der Waals surface area contributed by atoms with E-state index in [0.717, 1.165) is 12.0 Å². The molecule has 1 aliphatic carbocycles. The highest BCUT2D eigenvalue weighted by atomic mass is 32.2. The summed E-state index contributed by atoms with van der Waals surface area (Å²) in [5.41, 5.74) is 1.58. The summed E-state index contributed by atoms with van der Waals surface area (Å²) in [4.78, 5) is 22.8. The van der Waals surface area contributed by atoms with Gasteiger partial charge in [0, 0.05) is 5.57 Å². The SMILES string of the molecule is CC1=CC=C(C(=O)NC(CCS(=O)(=O)O)C(=O)O)CC1. The first-order valence-corrected chi connectivity index (χ1v) is 7.65. The summed E-state index contributed by atoms with van der Waals surface area (Å²) in [7, 11) is -4.26. The zero-order chi connectivity index (χ0) is 15.3. The highest BCUT2D eigenvalue weighted by molar-refractivity contribution is 7.85. The van der Waals surface area contributed by atoms with Crippen molar-refractivity contribution in [3.05, 3.63) is 23.3 Å². The summed E-state index contributed by atoms with van der Waals surface area (Å²) in [5.74, 6) is -2.59. The molecule has 20 heavy (non-hydrogen) atoms. The van der Waals surface area contributed by atoms with Crippen LogP contribution in [0.5, 0.6) is 0 Å². The van der Waals surface area contributed by atoms with Crippen LogP contribution in [-0.2, 0) is 19.7 Å². The van der Waals surface area contributed by atoms with Gasteiger partial charge in [-0.25, -0.2) is 4.79 Å². The van der Waals surface area contributed by atoms with Crippen LogP contribution < -0.4 is 5.32 Å². The molecular weight excluding hydrogens is 286 g/mol. The van der Waals surface area contributed by atoms with Gasteiger partial charge < -0.3 is 10.4 Å². The molecule has 0 aliphatic heterocycles. The van der Waals surface area contributed by atoms with E-state index in [1.54, 1.807) is 12.2 Å². The van der Waals surface area contributed by atoms with Crippen LogP contribution in [0.1, 0.15) is 26.2 Å². The van der Waals surface area contributed by atoms with Crippen LogP contribution in [0.3, 0.4) is 0 Å². The fourth-order valence-corrected chi connectivity index (χ4v) is 2.24. The maximum atomic E-state index is 11.9. The van der Waals surface area contributed by atoms with Crippen LogP contribution in [0.4, 0.5) is 0 Å². The molecule has 1 aliphatic rings. The number of carbonyl (C=O) groups excluding carboxylic acids is 1. The van der Waals surface area contributed by atoms with Crippen LogP contribution in [0, 0.1) is 0 Å². The van der Waals surface area contributed by atoms with Gasteiger partial charge in [0.2, 0.25) is 5.91 Å². The Labute approximate surface area is 117 Å². The van der Waals surface area contributed by atoms with Crippen LogP contribution in [-0.4, -0.2) is 41.7 Å².